The molecule has 0 bridgehead atoms. The van der Waals surface area contributed by atoms with E-state index >= 15 is 0 Å². The standard InChI is InChI=1S/C13H17NO2S/c1-11-3-5-13(6-4-11)17(15,16)14-9-7-12(2)8-10-14/h3-7H,8-10H2,1-2H3. The zero-order chi connectivity index (χ0) is 12.5. The second-order valence-corrected chi connectivity index (χ2v) is 6.41. The smallest absolute Gasteiger partial charge is 0.207 e. The van der Waals surface area contributed by atoms with Crippen molar-refractivity contribution in [2.75, 3.05) is 13.1 Å². The largest absolute Gasteiger partial charge is 0.243 e. The molecule has 0 aromatic heterocycles. The monoisotopic (exact) mass is 251 g/mol. The maximum Gasteiger partial charge on any atom is 0.243 e. The van der Waals surface area contributed by atoms with Crippen LogP contribution in [0.15, 0.2) is 40.8 Å². The number of nitrogens with zero attached hydrogens (tertiary/aromatic N) is 1. The molecule has 1 aromatic rings. The van der Waals surface area contributed by atoms with E-state index in [1.165, 1.54) is 9.88 Å². The molecule has 4 heteroatoms. The molecule has 3 nitrogen and oxygen atoms in total. The Labute approximate surface area is 103 Å². The van der Waals surface area contributed by atoms with Crippen molar-refractivity contribution in [3.05, 3.63) is 41.5 Å². The third-order valence-corrected chi connectivity index (χ3v) is 4.94. The van der Waals surface area contributed by atoms with Gasteiger partial charge in [-0.1, -0.05) is 29.3 Å². The molecule has 92 valence electrons. The van der Waals surface area contributed by atoms with Gasteiger partial charge in [0.25, 0.3) is 0 Å². The molecule has 0 spiro atoms. The Balaban J connectivity index is 2.28. The van der Waals surface area contributed by atoms with Crippen molar-refractivity contribution in [3.63, 3.8) is 0 Å². The van der Waals surface area contributed by atoms with E-state index in [-0.39, 0.29) is 0 Å². The lowest BCUT2D eigenvalue weighted by Gasteiger charge is -2.24. The van der Waals surface area contributed by atoms with Gasteiger partial charge in [-0.2, -0.15) is 4.31 Å². The minimum atomic E-state index is -3.31. The van der Waals surface area contributed by atoms with Gasteiger partial charge in [0.05, 0.1) is 4.90 Å². The summed E-state index contributed by atoms with van der Waals surface area (Å²) in [6.07, 6.45) is 2.81. The molecule has 0 fully saturated rings. The Morgan fingerprint density at radius 1 is 1.12 bits per heavy atom. The molecular formula is C13H17NO2S. The average Bonchev–Trinajstić information content (AvgIpc) is 2.30. The van der Waals surface area contributed by atoms with Crippen molar-refractivity contribution in [2.45, 2.75) is 25.2 Å². The first-order valence-electron chi connectivity index (χ1n) is 5.72. The molecule has 0 atom stereocenters. The summed E-state index contributed by atoms with van der Waals surface area (Å²) in [6.45, 7) is 5.06. The second kappa shape index (κ2) is 4.63. The highest BCUT2D eigenvalue weighted by Crippen LogP contribution is 2.20. The number of aryl methyl sites for hydroxylation is 1. The van der Waals surface area contributed by atoms with Crippen molar-refractivity contribution >= 4 is 10.0 Å². The van der Waals surface area contributed by atoms with Gasteiger partial charge >= 0.3 is 0 Å². The third-order valence-electron chi connectivity index (χ3n) is 3.06. The van der Waals surface area contributed by atoms with E-state index < -0.39 is 10.0 Å². The van der Waals surface area contributed by atoms with Crippen LogP contribution in [0.5, 0.6) is 0 Å². The number of benzene rings is 1. The molecule has 0 saturated carbocycles. The van der Waals surface area contributed by atoms with Crippen LogP contribution in [0.25, 0.3) is 0 Å². The van der Waals surface area contributed by atoms with Gasteiger partial charge in [0.15, 0.2) is 0 Å². The van der Waals surface area contributed by atoms with Crippen LogP contribution in [0.4, 0.5) is 0 Å². The lowest BCUT2D eigenvalue weighted by atomic mass is 10.1. The minimum Gasteiger partial charge on any atom is -0.207 e. The SMILES string of the molecule is CC1=CCN(S(=O)(=O)c2ccc(C)cc2)CC1. The van der Waals surface area contributed by atoms with E-state index in [1.807, 2.05) is 32.1 Å². The number of sulfonamides is 1. The van der Waals surface area contributed by atoms with Crippen LogP contribution in [-0.2, 0) is 10.0 Å². The zero-order valence-electron chi connectivity index (χ0n) is 10.2. The first-order chi connectivity index (χ1) is 8.00. The summed E-state index contributed by atoms with van der Waals surface area (Å²) in [6, 6.07) is 7.02. The summed E-state index contributed by atoms with van der Waals surface area (Å²) >= 11 is 0. The summed E-state index contributed by atoms with van der Waals surface area (Å²) in [7, 11) is -3.31. The molecule has 0 amide bonds. The van der Waals surface area contributed by atoms with Crippen molar-refractivity contribution in [1.82, 2.24) is 4.31 Å². The van der Waals surface area contributed by atoms with E-state index in [1.54, 1.807) is 12.1 Å². The quantitative estimate of drug-likeness (QED) is 0.757. The maximum absolute atomic E-state index is 12.3. The average molecular weight is 251 g/mol. The Kier molecular flexibility index (Phi) is 3.35. The van der Waals surface area contributed by atoms with Gasteiger partial charge in [0.1, 0.15) is 0 Å². The summed E-state index contributed by atoms with van der Waals surface area (Å²) in [5.74, 6) is 0. The van der Waals surface area contributed by atoms with E-state index in [0.717, 1.165) is 12.0 Å². The number of hydrogen-bond acceptors (Lipinski definition) is 2. The van der Waals surface area contributed by atoms with Crippen LogP contribution in [0.1, 0.15) is 18.9 Å². The Hall–Kier alpha value is -1.13. The molecule has 0 unspecified atom stereocenters. The molecule has 1 heterocycles. The Bertz CT molecular complexity index is 529. The highest BCUT2D eigenvalue weighted by molar-refractivity contribution is 7.89. The normalized spacial score (nSPS) is 17.9. The van der Waals surface area contributed by atoms with Gasteiger partial charge in [-0.15, -0.1) is 0 Å². The van der Waals surface area contributed by atoms with E-state index in [2.05, 4.69) is 0 Å². The predicted octanol–water partition coefficient (Wildman–Crippen LogP) is 2.34. The minimum absolute atomic E-state index is 0.385. The highest BCUT2D eigenvalue weighted by atomic mass is 32.2. The molecule has 0 saturated heterocycles. The van der Waals surface area contributed by atoms with E-state index in [4.69, 9.17) is 0 Å². The molecule has 1 aromatic carbocycles. The van der Waals surface area contributed by atoms with Gasteiger partial charge in [-0.25, -0.2) is 8.42 Å². The van der Waals surface area contributed by atoms with Crippen LogP contribution in [-0.4, -0.2) is 25.8 Å². The summed E-state index contributed by atoms with van der Waals surface area (Å²) in [4.78, 5) is 0.385. The van der Waals surface area contributed by atoms with Gasteiger partial charge in [-0.3, -0.25) is 0 Å². The van der Waals surface area contributed by atoms with Gasteiger partial charge in [-0.05, 0) is 32.4 Å². The maximum atomic E-state index is 12.3. The van der Waals surface area contributed by atoms with E-state index in [9.17, 15) is 8.42 Å². The lowest BCUT2D eigenvalue weighted by Crippen LogP contribution is -2.34. The van der Waals surface area contributed by atoms with Crippen molar-refractivity contribution in [2.24, 2.45) is 0 Å². The Morgan fingerprint density at radius 3 is 2.29 bits per heavy atom. The topological polar surface area (TPSA) is 37.4 Å². The van der Waals surface area contributed by atoms with Gasteiger partial charge in [0, 0.05) is 13.1 Å². The fourth-order valence-corrected chi connectivity index (χ4v) is 3.21. The van der Waals surface area contributed by atoms with Crippen molar-refractivity contribution in [3.8, 4) is 0 Å². The molecule has 0 radical (unpaired) electrons. The first-order valence-corrected chi connectivity index (χ1v) is 7.16. The van der Waals surface area contributed by atoms with Gasteiger partial charge < -0.3 is 0 Å². The molecule has 0 aliphatic carbocycles. The fourth-order valence-electron chi connectivity index (χ4n) is 1.83. The summed E-state index contributed by atoms with van der Waals surface area (Å²) in [5, 5.41) is 0. The third kappa shape index (κ3) is 2.58. The van der Waals surface area contributed by atoms with Gasteiger partial charge in [0.2, 0.25) is 10.0 Å². The van der Waals surface area contributed by atoms with Crippen molar-refractivity contribution < 1.29 is 8.42 Å². The van der Waals surface area contributed by atoms with Crippen molar-refractivity contribution in [1.29, 1.82) is 0 Å². The Morgan fingerprint density at radius 2 is 1.76 bits per heavy atom. The predicted molar refractivity (Wildman–Crippen MR) is 68.3 cm³/mol. The highest BCUT2D eigenvalue weighted by Gasteiger charge is 2.24. The second-order valence-electron chi connectivity index (χ2n) is 4.48. The fraction of sp³-hybridized carbons (Fsp3) is 0.385. The zero-order valence-corrected chi connectivity index (χ0v) is 11.0. The van der Waals surface area contributed by atoms with Crippen LogP contribution >= 0.6 is 0 Å². The first kappa shape index (κ1) is 12.3. The molecule has 1 aliphatic heterocycles. The molecular weight excluding hydrogens is 234 g/mol. The van der Waals surface area contributed by atoms with Crippen LogP contribution in [0.2, 0.25) is 0 Å². The van der Waals surface area contributed by atoms with Crippen LogP contribution in [0.3, 0.4) is 0 Å². The molecule has 2 rings (SSSR count). The molecule has 0 N–H and O–H groups in total. The number of rotatable bonds is 2. The molecule has 1 aliphatic rings. The van der Waals surface area contributed by atoms with Crippen LogP contribution in [0, 0.1) is 6.92 Å². The molecule has 17 heavy (non-hydrogen) atoms. The lowest BCUT2D eigenvalue weighted by molar-refractivity contribution is 0.431. The van der Waals surface area contributed by atoms with Crippen LogP contribution < -0.4 is 0 Å². The number of hydrogen-bond donors (Lipinski definition) is 0. The summed E-state index contributed by atoms with van der Waals surface area (Å²) < 4.78 is 26.1. The van der Waals surface area contributed by atoms with E-state index in [0.29, 0.717) is 18.0 Å². The summed E-state index contributed by atoms with van der Waals surface area (Å²) in [5.41, 5.74) is 2.33.